The Morgan fingerprint density at radius 3 is 2.70 bits per heavy atom. The number of rotatable bonds is 6. The molecule has 0 aliphatic carbocycles. The van der Waals surface area contributed by atoms with E-state index in [4.69, 9.17) is 10.5 Å². The molecule has 1 aromatic carbocycles. The highest BCUT2D eigenvalue weighted by Crippen LogP contribution is 2.26. The highest BCUT2D eigenvalue weighted by Gasteiger charge is 2.08. The fourth-order valence-electron chi connectivity index (χ4n) is 2.02. The molecule has 0 fully saturated rings. The van der Waals surface area contributed by atoms with Crippen molar-refractivity contribution in [2.45, 2.75) is 40.0 Å². The maximum absolute atomic E-state index is 5.87. The second kappa shape index (κ2) is 6.90. The minimum atomic E-state index is 0.515. The molecule has 108 valence electrons. The first-order valence-electron chi connectivity index (χ1n) is 6.84. The van der Waals surface area contributed by atoms with Gasteiger partial charge in [0.25, 0.3) is 0 Å². The molecule has 0 saturated carbocycles. The minimum Gasteiger partial charge on any atom is -0.486 e. The number of hydrogen-bond acceptors (Lipinski definition) is 3. The van der Waals surface area contributed by atoms with Gasteiger partial charge in [0, 0.05) is 13.1 Å². The van der Waals surface area contributed by atoms with E-state index >= 15 is 0 Å². The Morgan fingerprint density at radius 1 is 1.30 bits per heavy atom. The third-order valence-corrected chi connectivity index (χ3v) is 3.80. The second-order valence-electron chi connectivity index (χ2n) is 4.55. The highest BCUT2D eigenvalue weighted by atomic mass is 79.9. The van der Waals surface area contributed by atoms with Crippen LogP contribution in [0.1, 0.15) is 30.8 Å². The highest BCUT2D eigenvalue weighted by molar-refractivity contribution is 9.10. The van der Waals surface area contributed by atoms with E-state index in [1.165, 1.54) is 0 Å². The fourth-order valence-corrected chi connectivity index (χ4v) is 2.56. The summed E-state index contributed by atoms with van der Waals surface area (Å²) in [5.41, 5.74) is 8.89. The third-order valence-electron chi connectivity index (χ3n) is 3.18. The van der Waals surface area contributed by atoms with Gasteiger partial charge in [-0.25, -0.2) is 0 Å². The number of benzene rings is 1. The lowest BCUT2D eigenvalue weighted by Gasteiger charge is -2.10. The summed E-state index contributed by atoms with van der Waals surface area (Å²) in [4.78, 5) is 0. The summed E-state index contributed by atoms with van der Waals surface area (Å²) in [5, 5.41) is 4.52. The summed E-state index contributed by atoms with van der Waals surface area (Å²) in [5.74, 6) is 0.823. The molecule has 2 rings (SSSR count). The van der Waals surface area contributed by atoms with Gasteiger partial charge in [-0.3, -0.25) is 4.68 Å². The first kappa shape index (κ1) is 15.1. The van der Waals surface area contributed by atoms with Crippen molar-refractivity contribution < 1.29 is 4.74 Å². The molecule has 0 unspecified atom stereocenters. The largest absolute Gasteiger partial charge is 0.486 e. The average Bonchev–Trinajstić information content (AvgIpc) is 2.88. The molecule has 5 heteroatoms. The topological polar surface area (TPSA) is 53.1 Å². The zero-order valence-electron chi connectivity index (χ0n) is 11.9. The van der Waals surface area contributed by atoms with Crippen molar-refractivity contribution in [2.24, 2.45) is 5.73 Å². The molecule has 0 atom stereocenters. The van der Waals surface area contributed by atoms with Crippen LogP contribution >= 0.6 is 15.9 Å². The molecule has 2 N–H and O–H groups in total. The van der Waals surface area contributed by atoms with Crippen LogP contribution in [0.3, 0.4) is 0 Å². The lowest BCUT2D eigenvalue weighted by atomic mass is 10.2. The van der Waals surface area contributed by atoms with E-state index < -0.39 is 0 Å². The SMILES string of the molecule is CCc1cc(COc2ccc(CN)cc2Br)n(CC)n1. The van der Waals surface area contributed by atoms with Crippen LogP contribution in [0.25, 0.3) is 0 Å². The summed E-state index contributed by atoms with van der Waals surface area (Å²) in [6.45, 7) is 6.09. The quantitative estimate of drug-likeness (QED) is 0.880. The van der Waals surface area contributed by atoms with Crippen LogP contribution in [-0.2, 0) is 26.1 Å². The van der Waals surface area contributed by atoms with Gasteiger partial charge >= 0.3 is 0 Å². The van der Waals surface area contributed by atoms with Crippen LogP contribution in [0, 0.1) is 0 Å². The number of aryl methyl sites for hydroxylation is 2. The molecule has 2 aromatic rings. The summed E-state index contributed by atoms with van der Waals surface area (Å²) in [6, 6.07) is 8.02. The van der Waals surface area contributed by atoms with Crippen molar-refractivity contribution >= 4 is 15.9 Å². The minimum absolute atomic E-state index is 0.515. The van der Waals surface area contributed by atoms with E-state index in [9.17, 15) is 0 Å². The van der Waals surface area contributed by atoms with Crippen molar-refractivity contribution in [3.8, 4) is 5.75 Å². The Hall–Kier alpha value is -1.33. The molecule has 0 aliphatic heterocycles. The summed E-state index contributed by atoms with van der Waals surface area (Å²) in [7, 11) is 0. The van der Waals surface area contributed by atoms with Gasteiger partial charge in [-0.2, -0.15) is 5.10 Å². The molecule has 0 saturated heterocycles. The van der Waals surface area contributed by atoms with Crippen molar-refractivity contribution in [1.29, 1.82) is 0 Å². The molecule has 1 heterocycles. The van der Waals surface area contributed by atoms with Gasteiger partial charge in [0.05, 0.1) is 15.9 Å². The molecule has 0 bridgehead atoms. The van der Waals surface area contributed by atoms with E-state index in [1.807, 2.05) is 22.9 Å². The van der Waals surface area contributed by atoms with Gasteiger partial charge in [0.1, 0.15) is 12.4 Å². The zero-order chi connectivity index (χ0) is 14.5. The predicted octanol–water partition coefficient (Wildman–Crippen LogP) is 3.27. The van der Waals surface area contributed by atoms with E-state index in [-0.39, 0.29) is 0 Å². The Kier molecular flexibility index (Phi) is 5.20. The van der Waals surface area contributed by atoms with Gasteiger partial charge in [-0.05, 0) is 53.0 Å². The number of hydrogen-bond donors (Lipinski definition) is 1. The molecule has 0 spiro atoms. The van der Waals surface area contributed by atoms with E-state index in [2.05, 4.69) is 40.9 Å². The molecule has 4 nitrogen and oxygen atoms in total. The lowest BCUT2D eigenvalue weighted by Crippen LogP contribution is -2.06. The van der Waals surface area contributed by atoms with Crippen molar-refractivity contribution in [2.75, 3.05) is 0 Å². The average molecular weight is 338 g/mol. The third kappa shape index (κ3) is 3.41. The predicted molar refractivity (Wildman–Crippen MR) is 83.6 cm³/mol. The van der Waals surface area contributed by atoms with Crippen molar-refractivity contribution in [3.63, 3.8) is 0 Å². The van der Waals surface area contributed by atoms with E-state index in [0.29, 0.717) is 13.2 Å². The van der Waals surface area contributed by atoms with Gasteiger partial charge in [-0.1, -0.05) is 13.0 Å². The van der Waals surface area contributed by atoms with Crippen molar-refractivity contribution in [1.82, 2.24) is 9.78 Å². The van der Waals surface area contributed by atoms with Crippen molar-refractivity contribution in [3.05, 3.63) is 45.7 Å². The molecule has 0 radical (unpaired) electrons. The molecule has 20 heavy (non-hydrogen) atoms. The summed E-state index contributed by atoms with van der Waals surface area (Å²) in [6.07, 6.45) is 0.939. The molecule has 1 aromatic heterocycles. The first-order valence-corrected chi connectivity index (χ1v) is 7.64. The maximum atomic E-state index is 5.87. The number of halogens is 1. The maximum Gasteiger partial charge on any atom is 0.134 e. The molecular formula is C15H20BrN3O. The molecule has 0 amide bonds. The van der Waals surface area contributed by atoms with Gasteiger partial charge in [-0.15, -0.1) is 0 Å². The van der Waals surface area contributed by atoms with Gasteiger partial charge in [0.2, 0.25) is 0 Å². The first-order chi connectivity index (χ1) is 9.67. The normalized spacial score (nSPS) is 10.8. The van der Waals surface area contributed by atoms with E-state index in [1.54, 1.807) is 0 Å². The monoisotopic (exact) mass is 337 g/mol. The number of nitrogens with zero attached hydrogens (tertiary/aromatic N) is 2. The zero-order valence-corrected chi connectivity index (χ0v) is 13.5. The summed E-state index contributed by atoms with van der Waals surface area (Å²) < 4.78 is 8.79. The van der Waals surface area contributed by atoms with Gasteiger partial charge in [0.15, 0.2) is 0 Å². The van der Waals surface area contributed by atoms with Crippen LogP contribution in [0.15, 0.2) is 28.7 Å². The van der Waals surface area contributed by atoms with Crippen LogP contribution in [0.5, 0.6) is 5.75 Å². The van der Waals surface area contributed by atoms with Crippen LogP contribution < -0.4 is 10.5 Å². The fraction of sp³-hybridized carbons (Fsp3) is 0.400. The standard InChI is InChI=1S/C15H20BrN3O/c1-3-12-8-13(19(4-2)18-12)10-20-15-6-5-11(9-17)7-14(15)16/h5-8H,3-4,9-10,17H2,1-2H3. The van der Waals surface area contributed by atoms with Crippen LogP contribution in [0.4, 0.5) is 0 Å². The Morgan fingerprint density at radius 2 is 2.10 bits per heavy atom. The number of aromatic nitrogens is 2. The Balaban J connectivity index is 2.10. The molecular weight excluding hydrogens is 318 g/mol. The van der Waals surface area contributed by atoms with Gasteiger partial charge < -0.3 is 10.5 Å². The Bertz CT molecular complexity index is 580. The van der Waals surface area contributed by atoms with E-state index in [0.717, 1.165) is 40.1 Å². The molecule has 0 aliphatic rings. The number of ether oxygens (including phenoxy) is 1. The van der Waals surface area contributed by atoms with Crippen LogP contribution in [0.2, 0.25) is 0 Å². The Labute approximate surface area is 128 Å². The second-order valence-corrected chi connectivity index (χ2v) is 5.41. The summed E-state index contributed by atoms with van der Waals surface area (Å²) >= 11 is 3.51. The lowest BCUT2D eigenvalue weighted by molar-refractivity contribution is 0.290. The number of nitrogens with two attached hydrogens (primary N) is 1. The van der Waals surface area contributed by atoms with Crippen LogP contribution in [-0.4, -0.2) is 9.78 Å². The smallest absolute Gasteiger partial charge is 0.134 e.